The van der Waals surface area contributed by atoms with E-state index < -0.39 is 10.0 Å². The average molecular weight is 561 g/mol. The summed E-state index contributed by atoms with van der Waals surface area (Å²) >= 11 is 1.09. The van der Waals surface area contributed by atoms with Crippen molar-refractivity contribution in [3.05, 3.63) is 63.1 Å². The van der Waals surface area contributed by atoms with Gasteiger partial charge in [-0.15, -0.1) is 11.3 Å². The fraction of sp³-hybridized carbons (Fsp3) is 0.308. The lowest BCUT2D eigenvalue weighted by Crippen LogP contribution is -2.41. The number of amides is 2. The summed E-state index contributed by atoms with van der Waals surface area (Å²) in [6.45, 7) is 7.37. The number of thiophene rings is 1. The van der Waals surface area contributed by atoms with E-state index in [1.807, 2.05) is 6.92 Å². The van der Waals surface area contributed by atoms with E-state index in [1.54, 1.807) is 50.1 Å². The van der Waals surface area contributed by atoms with Crippen LogP contribution in [0.4, 0.5) is 21.5 Å². The maximum atomic E-state index is 13.9. The van der Waals surface area contributed by atoms with Gasteiger partial charge in [-0.1, -0.05) is 0 Å². The lowest BCUT2D eigenvalue weighted by Gasteiger charge is -2.35. The van der Waals surface area contributed by atoms with E-state index in [-0.39, 0.29) is 30.1 Å². The fourth-order valence-electron chi connectivity index (χ4n) is 4.12. The highest BCUT2D eigenvalue weighted by atomic mass is 32.2. The van der Waals surface area contributed by atoms with E-state index in [9.17, 15) is 22.4 Å². The Bertz CT molecular complexity index is 1500. The predicted molar refractivity (Wildman–Crippen MR) is 147 cm³/mol. The van der Waals surface area contributed by atoms with Crippen LogP contribution in [0.2, 0.25) is 0 Å². The summed E-state index contributed by atoms with van der Waals surface area (Å²) in [6, 6.07) is 9.21. The maximum Gasteiger partial charge on any atom is 0.267 e. The number of hydrogen-bond acceptors (Lipinski definition) is 7. The van der Waals surface area contributed by atoms with E-state index in [0.29, 0.717) is 56.0 Å². The second-order valence-corrected chi connectivity index (χ2v) is 12.0. The zero-order valence-electron chi connectivity index (χ0n) is 21.7. The second kappa shape index (κ2) is 10.6. The molecule has 202 valence electrons. The molecule has 0 aliphatic carbocycles. The molecule has 0 saturated heterocycles. The Balaban J connectivity index is 1.88. The fourth-order valence-corrected chi connectivity index (χ4v) is 5.83. The first-order valence-corrected chi connectivity index (χ1v) is 14.4. The Kier molecular flexibility index (Phi) is 7.65. The number of ether oxygens (including phenoxy) is 1. The van der Waals surface area contributed by atoms with Gasteiger partial charge in [-0.2, -0.15) is 0 Å². The van der Waals surface area contributed by atoms with E-state index in [1.165, 1.54) is 24.0 Å². The van der Waals surface area contributed by atoms with Gasteiger partial charge in [0.25, 0.3) is 11.8 Å². The number of aryl methyl sites for hydroxylation is 2. The average Bonchev–Trinajstić information content (AvgIpc) is 3.30. The molecule has 0 spiro atoms. The molecule has 0 fully saturated rings. The van der Waals surface area contributed by atoms with Crippen LogP contribution in [0.5, 0.6) is 11.5 Å². The van der Waals surface area contributed by atoms with Crippen molar-refractivity contribution in [3.8, 4) is 11.5 Å². The van der Waals surface area contributed by atoms with Crippen molar-refractivity contribution in [2.75, 3.05) is 35.6 Å². The molecule has 1 aromatic heterocycles. The van der Waals surface area contributed by atoms with Gasteiger partial charge in [0.05, 0.1) is 34.4 Å². The minimum Gasteiger partial charge on any atom is -0.455 e. The van der Waals surface area contributed by atoms with E-state index in [4.69, 9.17) is 4.74 Å². The molecule has 0 atom stereocenters. The molecule has 0 radical (unpaired) electrons. The van der Waals surface area contributed by atoms with Crippen molar-refractivity contribution in [1.29, 1.82) is 0 Å². The summed E-state index contributed by atoms with van der Waals surface area (Å²) in [5.41, 5.74) is 2.45. The van der Waals surface area contributed by atoms with Gasteiger partial charge in [-0.25, -0.2) is 12.8 Å². The number of carbonyl (C=O) groups excluding carboxylic acids is 2. The van der Waals surface area contributed by atoms with Gasteiger partial charge in [0, 0.05) is 13.6 Å². The molecule has 3 aromatic rings. The van der Waals surface area contributed by atoms with Crippen molar-refractivity contribution in [2.24, 2.45) is 0 Å². The SMILES string of the molecule is CCNC(=O)c1cc2c(s1)C(=O)N(C)CN2c1cc(NS(=O)(=O)CC)ccc1Oc1c(C)cc(F)cc1C. The minimum absolute atomic E-state index is 0.111. The van der Waals surface area contributed by atoms with Crippen LogP contribution in [0.3, 0.4) is 0 Å². The maximum absolute atomic E-state index is 13.9. The Hall–Kier alpha value is -3.64. The molecule has 1 aliphatic rings. The first-order valence-electron chi connectivity index (χ1n) is 12.0. The zero-order chi connectivity index (χ0) is 27.8. The van der Waals surface area contributed by atoms with Crippen molar-refractivity contribution in [1.82, 2.24) is 10.2 Å². The van der Waals surface area contributed by atoms with Crippen LogP contribution in [0, 0.1) is 19.7 Å². The number of carbonyl (C=O) groups is 2. The number of nitrogens with zero attached hydrogens (tertiary/aromatic N) is 2. The molecular weight excluding hydrogens is 531 g/mol. The quantitative estimate of drug-likeness (QED) is 0.402. The number of benzene rings is 2. The molecule has 38 heavy (non-hydrogen) atoms. The van der Waals surface area contributed by atoms with Crippen LogP contribution in [-0.2, 0) is 10.0 Å². The number of nitrogens with one attached hydrogen (secondary N) is 2. The highest BCUT2D eigenvalue weighted by molar-refractivity contribution is 7.92. The Morgan fingerprint density at radius 2 is 1.79 bits per heavy atom. The first kappa shape index (κ1) is 27.4. The van der Waals surface area contributed by atoms with Gasteiger partial charge in [-0.05, 0) is 75.2 Å². The van der Waals surface area contributed by atoms with E-state index in [2.05, 4.69) is 10.0 Å². The van der Waals surface area contributed by atoms with Crippen molar-refractivity contribution < 1.29 is 27.1 Å². The summed E-state index contributed by atoms with van der Waals surface area (Å²) in [7, 11) is -1.93. The van der Waals surface area contributed by atoms with Crippen molar-refractivity contribution >= 4 is 50.2 Å². The van der Waals surface area contributed by atoms with Crippen molar-refractivity contribution in [2.45, 2.75) is 27.7 Å². The molecular formula is C26H29FN4O5S2. The molecule has 12 heteroatoms. The van der Waals surface area contributed by atoms with Crippen LogP contribution in [-0.4, -0.2) is 51.1 Å². The lowest BCUT2D eigenvalue weighted by molar-refractivity contribution is 0.0792. The number of anilines is 3. The third-order valence-electron chi connectivity index (χ3n) is 6.00. The molecule has 2 N–H and O–H groups in total. The minimum atomic E-state index is -3.57. The van der Waals surface area contributed by atoms with Crippen LogP contribution < -0.4 is 19.7 Å². The smallest absolute Gasteiger partial charge is 0.267 e. The van der Waals surface area contributed by atoms with Crippen LogP contribution in [0.1, 0.15) is 44.3 Å². The third kappa shape index (κ3) is 5.46. The molecule has 2 aromatic carbocycles. The number of fused-ring (bicyclic) bond motifs is 1. The molecule has 1 aliphatic heterocycles. The summed E-state index contributed by atoms with van der Waals surface area (Å²) in [5.74, 6) is -0.187. The van der Waals surface area contributed by atoms with Crippen LogP contribution in [0.15, 0.2) is 36.4 Å². The Morgan fingerprint density at radius 1 is 1.11 bits per heavy atom. The number of sulfonamides is 1. The molecule has 4 rings (SSSR count). The number of hydrogen-bond donors (Lipinski definition) is 2. The van der Waals surface area contributed by atoms with Gasteiger partial charge < -0.3 is 19.9 Å². The molecule has 0 unspecified atom stereocenters. The largest absolute Gasteiger partial charge is 0.455 e. The number of rotatable bonds is 8. The van der Waals surface area contributed by atoms with Crippen LogP contribution >= 0.6 is 11.3 Å². The van der Waals surface area contributed by atoms with E-state index in [0.717, 1.165) is 11.3 Å². The Morgan fingerprint density at radius 3 is 2.42 bits per heavy atom. The number of halogens is 1. The van der Waals surface area contributed by atoms with Gasteiger partial charge >= 0.3 is 0 Å². The zero-order valence-corrected chi connectivity index (χ0v) is 23.3. The van der Waals surface area contributed by atoms with Gasteiger partial charge in [0.2, 0.25) is 10.0 Å². The molecule has 0 bridgehead atoms. The van der Waals surface area contributed by atoms with Crippen LogP contribution in [0.25, 0.3) is 0 Å². The lowest BCUT2D eigenvalue weighted by atomic mass is 10.1. The summed E-state index contributed by atoms with van der Waals surface area (Å²) in [4.78, 5) is 29.6. The van der Waals surface area contributed by atoms with Crippen molar-refractivity contribution in [3.63, 3.8) is 0 Å². The topological polar surface area (TPSA) is 108 Å². The highest BCUT2D eigenvalue weighted by Gasteiger charge is 2.33. The summed E-state index contributed by atoms with van der Waals surface area (Å²) < 4.78 is 47.4. The molecule has 2 heterocycles. The van der Waals surface area contributed by atoms with Gasteiger partial charge in [0.1, 0.15) is 16.4 Å². The monoisotopic (exact) mass is 560 g/mol. The first-order chi connectivity index (χ1) is 17.9. The molecule has 2 amide bonds. The van der Waals surface area contributed by atoms with Gasteiger partial charge in [-0.3, -0.25) is 14.3 Å². The molecule has 0 saturated carbocycles. The summed E-state index contributed by atoms with van der Waals surface area (Å²) in [6.07, 6.45) is 0. The molecule has 9 nitrogen and oxygen atoms in total. The predicted octanol–water partition coefficient (Wildman–Crippen LogP) is 4.99. The standard InChI is InChI=1S/C26H29FN4O5S2/c1-6-28-25(32)22-13-20-24(37-22)26(33)30(5)14-31(20)19-12-18(29-38(34,35)7-2)8-9-21(19)36-23-15(3)10-17(27)11-16(23)4/h8-13,29H,6-7,14H2,1-5H3,(H,28,32). The second-order valence-electron chi connectivity index (χ2n) is 8.92. The van der Waals surface area contributed by atoms with E-state index >= 15 is 0 Å². The highest BCUT2D eigenvalue weighted by Crippen LogP contribution is 2.45. The summed E-state index contributed by atoms with van der Waals surface area (Å²) in [5, 5.41) is 2.75. The Labute approximate surface area is 225 Å². The normalized spacial score (nSPS) is 13.4. The third-order valence-corrected chi connectivity index (χ3v) is 8.42. The van der Waals surface area contributed by atoms with Gasteiger partial charge in [0.15, 0.2) is 5.75 Å².